The van der Waals surface area contributed by atoms with E-state index in [-0.39, 0.29) is 18.9 Å². The fraction of sp³-hybridized carbons (Fsp3) is 0.158. The molecule has 0 aliphatic rings. The zero-order valence-corrected chi connectivity index (χ0v) is 15.0. The molecule has 1 aromatic carbocycles. The molecule has 0 aliphatic heterocycles. The second-order valence-corrected chi connectivity index (χ2v) is 6.53. The number of carbonyl (C=O) groups excluding carboxylic acids is 2. The molecule has 1 atom stereocenters. The summed E-state index contributed by atoms with van der Waals surface area (Å²) in [5.74, 6) is -1.18. The molecule has 0 spiro atoms. The van der Waals surface area contributed by atoms with Gasteiger partial charge in [0.1, 0.15) is 23.4 Å². The van der Waals surface area contributed by atoms with Crippen molar-refractivity contribution in [3.8, 4) is 11.3 Å². The lowest BCUT2D eigenvalue weighted by atomic mass is 10.2. The average molecular weight is 388 g/mol. The second kappa shape index (κ2) is 8.61. The van der Waals surface area contributed by atoms with E-state index in [1.54, 1.807) is 12.1 Å². The van der Waals surface area contributed by atoms with Gasteiger partial charge in [0.05, 0.1) is 6.54 Å². The van der Waals surface area contributed by atoms with Crippen LogP contribution in [0.2, 0.25) is 0 Å². The first kappa shape index (κ1) is 18.8. The van der Waals surface area contributed by atoms with Gasteiger partial charge in [-0.05, 0) is 41.3 Å². The number of thiophene rings is 1. The van der Waals surface area contributed by atoms with E-state index >= 15 is 0 Å². The lowest BCUT2D eigenvalue weighted by Gasteiger charge is -2.10. The summed E-state index contributed by atoms with van der Waals surface area (Å²) in [6.45, 7) is -0.0728. The van der Waals surface area contributed by atoms with Crippen molar-refractivity contribution in [2.24, 2.45) is 0 Å². The van der Waals surface area contributed by atoms with Gasteiger partial charge in [-0.3, -0.25) is 9.59 Å². The molecule has 27 heavy (non-hydrogen) atoms. The Labute approximate surface area is 158 Å². The van der Waals surface area contributed by atoms with Gasteiger partial charge in [0, 0.05) is 17.5 Å². The van der Waals surface area contributed by atoms with E-state index in [1.165, 1.54) is 35.6 Å². The van der Waals surface area contributed by atoms with Gasteiger partial charge in [-0.2, -0.15) is 11.3 Å². The largest absolute Gasteiger partial charge is 0.458 e. The zero-order valence-electron chi connectivity index (χ0n) is 14.1. The van der Waals surface area contributed by atoms with E-state index < -0.39 is 17.9 Å². The topological polar surface area (TPSA) is 91.6 Å². The van der Waals surface area contributed by atoms with Gasteiger partial charge in [-0.25, -0.2) is 4.39 Å². The summed E-state index contributed by atoms with van der Waals surface area (Å²) >= 11 is 1.53. The molecule has 0 aliphatic carbocycles. The number of aliphatic hydroxyl groups is 1. The number of carbonyl (C=O) groups is 2. The van der Waals surface area contributed by atoms with Crippen LogP contribution >= 0.6 is 11.3 Å². The fourth-order valence-corrected chi connectivity index (χ4v) is 2.97. The molecular weight excluding hydrogens is 371 g/mol. The standard InChI is InChI=1S/C19H17FN2O4S/c20-14-3-1-12(2-4-14)9-21-18(24)19(25)22-10-15(23)17-6-5-16(26-17)13-7-8-27-11-13/h1-8,11,15,23H,9-10H2,(H,21,24)(H,22,25). The third kappa shape index (κ3) is 5.02. The first-order chi connectivity index (χ1) is 13.0. The molecule has 140 valence electrons. The minimum absolute atomic E-state index is 0.0945. The summed E-state index contributed by atoms with van der Waals surface area (Å²) in [7, 11) is 0. The van der Waals surface area contributed by atoms with Crippen LogP contribution in [0.4, 0.5) is 4.39 Å². The molecule has 3 rings (SSSR count). The van der Waals surface area contributed by atoms with Crippen molar-refractivity contribution in [3.63, 3.8) is 0 Å². The highest BCUT2D eigenvalue weighted by atomic mass is 32.1. The number of nitrogens with one attached hydrogen (secondary N) is 2. The fourth-order valence-electron chi connectivity index (χ4n) is 2.33. The van der Waals surface area contributed by atoms with E-state index in [0.29, 0.717) is 17.1 Å². The molecule has 0 fully saturated rings. The van der Waals surface area contributed by atoms with E-state index in [1.807, 2.05) is 16.8 Å². The first-order valence-electron chi connectivity index (χ1n) is 8.14. The SMILES string of the molecule is O=C(NCc1ccc(F)cc1)C(=O)NCC(O)c1ccc(-c2ccsc2)o1. The Balaban J connectivity index is 1.46. The van der Waals surface area contributed by atoms with Crippen LogP contribution in [0.15, 0.2) is 57.6 Å². The molecule has 1 unspecified atom stereocenters. The Hall–Kier alpha value is -2.97. The lowest BCUT2D eigenvalue weighted by Crippen LogP contribution is -2.41. The van der Waals surface area contributed by atoms with Gasteiger partial charge in [0.15, 0.2) is 0 Å². The highest BCUT2D eigenvalue weighted by Crippen LogP contribution is 2.26. The Kier molecular flexibility index (Phi) is 6.00. The van der Waals surface area contributed by atoms with Gasteiger partial charge in [0.25, 0.3) is 0 Å². The molecule has 2 amide bonds. The molecular formula is C19H17FN2O4S. The van der Waals surface area contributed by atoms with E-state index in [0.717, 1.165) is 5.56 Å². The summed E-state index contributed by atoms with van der Waals surface area (Å²) < 4.78 is 18.4. The van der Waals surface area contributed by atoms with Crippen LogP contribution < -0.4 is 10.6 Å². The summed E-state index contributed by atoms with van der Waals surface area (Å²) in [5, 5.41) is 18.7. The predicted octanol–water partition coefficient (Wildman–Crippen LogP) is 2.61. The van der Waals surface area contributed by atoms with Crippen LogP contribution in [-0.2, 0) is 16.1 Å². The normalized spacial score (nSPS) is 11.8. The number of hydrogen-bond donors (Lipinski definition) is 3. The summed E-state index contributed by atoms with van der Waals surface area (Å²) in [5.41, 5.74) is 1.57. The number of furan rings is 1. The van der Waals surface area contributed by atoms with Gasteiger partial charge >= 0.3 is 11.8 Å². The minimum atomic E-state index is -1.08. The van der Waals surface area contributed by atoms with E-state index in [2.05, 4.69) is 10.6 Å². The smallest absolute Gasteiger partial charge is 0.309 e. The quantitative estimate of drug-likeness (QED) is 0.566. The van der Waals surface area contributed by atoms with Crippen LogP contribution in [0.25, 0.3) is 11.3 Å². The molecule has 0 bridgehead atoms. The van der Waals surface area contributed by atoms with Crippen LogP contribution in [0, 0.1) is 5.82 Å². The van der Waals surface area contributed by atoms with Crippen LogP contribution in [0.1, 0.15) is 17.4 Å². The third-order valence-electron chi connectivity index (χ3n) is 3.79. The maximum atomic E-state index is 12.8. The van der Waals surface area contributed by atoms with Gasteiger partial charge in [-0.15, -0.1) is 0 Å². The second-order valence-electron chi connectivity index (χ2n) is 5.75. The molecule has 3 aromatic rings. The number of hydrogen-bond acceptors (Lipinski definition) is 5. The van der Waals surface area contributed by atoms with Crippen LogP contribution in [-0.4, -0.2) is 23.5 Å². The molecule has 2 aromatic heterocycles. The highest BCUT2D eigenvalue weighted by molar-refractivity contribution is 7.08. The molecule has 0 radical (unpaired) electrons. The summed E-state index contributed by atoms with van der Waals surface area (Å²) in [6, 6.07) is 10.8. The van der Waals surface area contributed by atoms with Crippen molar-refractivity contribution in [1.29, 1.82) is 0 Å². The number of rotatable bonds is 6. The van der Waals surface area contributed by atoms with Crippen molar-refractivity contribution >= 4 is 23.2 Å². The van der Waals surface area contributed by atoms with Gasteiger partial charge in [0.2, 0.25) is 0 Å². The molecule has 3 N–H and O–H groups in total. The first-order valence-corrected chi connectivity index (χ1v) is 9.08. The number of amides is 2. The lowest BCUT2D eigenvalue weighted by molar-refractivity contribution is -0.139. The van der Waals surface area contributed by atoms with E-state index in [9.17, 15) is 19.1 Å². The van der Waals surface area contributed by atoms with Crippen molar-refractivity contribution in [3.05, 3.63) is 70.4 Å². The molecule has 0 saturated heterocycles. The molecule has 6 nitrogen and oxygen atoms in total. The van der Waals surface area contributed by atoms with Crippen LogP contribution in [0.5, 0.6) is 0 Å². The Morgan fingerprint density at radius 1 is 1.07 bits per heavy atom. The predicted molar refractivity (Wildman–Crippen MR) is 98.2 cm³/mol. The monoisotopic (exact) mass is 388 g/mol. The molecule has 2 heterocycles. The highest BCUT2D eigenvalue weighted by Gasteiger charge is 2.18. The van der Waals surface area contributed by atoms with Gasteiger partial charge < -0.3 is 20.2 Å². The third-order valence-corrected chi connectivity index (χ3v) is 4.47. The van der Waals surface area contributed by atoms with Crippen molar-refractivity contribution in [2.45, 2.75) is 12.6 Å². The average Bonchev–Trinajstić information content (AvgIpc) is 3.36. The summed E-state index contributed by atoms with van der Waals surface area (Å²) in [4.78, 5) is 23.6. The number of aliphatic hydroxyl groups excluding tert-OH is 1. The zero-order chi connectivity index (χ0) is 19.2. The maximum absolute atomic E-state index is 12.8. The Morgan fingerprint density at radius 2 is 1.81 bits per heavy atom. The van der Waals surface area contributed by atoms with Crippen LogP contribution in [0.3, 0.4) is 0 Å². The van der Waals surface area contributed by atoms with Crippen molar-refractivity contribution < 1.29 is 23.5 Å². The molecule has 8 heteroatoms. The molecule has 0 saturated carbocycles. The van der Waals surface area contributed by atoms with Crippen molar-refractivity contribution in [1.82, 2.24) is 10.6 Å². The number of benzene rings is 1. The summed E-state index contributed by atoms with van der Waals surface area (Å²) in [6.07, 6.45) is -1.08. The van der Waals surface area contributed by atoms with Gasteiger partial charge in [-0.1, -0.05) is 12.1 Å². The minimum Gasteiger partial charge on any atom is -0.458 e. The number of halogens is 1. The Bertz CT molecular complexity index is 906. The van der Waals surface area contributed by atoms with Crippen molar-refractivity contribution in [2.75, 3.05) is 6.54 Å². The van der Waals surface area contributed by atoms with E-state index in [4.69, 9.17) is 4.42 Å². The maximum Gasteiger partial charge on any atom is 0.309 e. The Morgan fingerprint density at radius 3 is 2.52 bits per heavy atom.